The highest BCUT2D eigenvalue weighted by Crippen LogP contribution is 2.19. The largest absolute Gasteiger partial charge is 0.477 e. The highest BCUT2D eigenvalue weighted by Gasteiger charge is 2.16. The van der Waals surface area contributed by atoms with E-state index in [2.05, 4.69) is 0 Å². The molecule has 0 atom stereocenters. The van der Waals surface area contributed by atoms with Crippen molar-refractivity contribution in [1.82, 2.24) is 4.57 Å². The number of benzene rings is 2. The smallest absolute Gasteiger partial charge is 0.352 e. The molecule has 1 N–H and O–H groups in total. The van der Waals surface area contributed by atoms with Gasteiger partial charge in [0.15, 0.2) is 5.78 Å². The summed E-state index contributed by atoms with van der Waals surface area (Å²) < 4.78 is 1.44. The van der Waals surface area contributed by atoms with Gasteiger partial charge in [0.05, 0.1) is 0 Å². The zero-order chi connectivity index (χ0) is 15.0. The van der Waals surface area contributed by atoms with E-state index in [-0.39, 0.29) is 11.5 Å². The number of carboxylic acid groups (broad SMARTS) is 1. The Bertz CT molecular complexity index is 861. The van der Waals surface area contributed by atoms with Gasteiger partial charge < -0.3 is 9.67 Å². The summed E-state index contributed by atoms with van der Waals surface area (Å²) >= 11 is 0. The van der Waals surface area contributed by atoms with Gasteiger partial charge in [0.2, 0.25) is 0 Å². The van der Waals surface area contributed by atoms with E-state index < -0.39 is 5.97 Å². The molecular formula is C17H13NO3. The number of nitrogens with zero attached hydrogens (tertiary/aromatic N) is 1. The lowest BCUT2D eigenvalue weighted by atomic mass is 10.0. The van der Waals surface area contributed by atoms with Crippen LogP contribution in [-0.4, -0.2) is 21.4 Å². The van der Waals surface area contributed by atoms with Crippen LogP contribution in [-0.2, 0) is 7.05 Å². The minimum Gasteiger partial charge on any atom is -0.477 e. The van der Waals surface area contributed by atoms with Gasteiger partial charge >= 0.3 is 5.97 Å². The van der Waals surface area contributed by atoms with Gasteiger partial charge in [-0.1, -0.05) is 36.4 Å². The predicted molar refractivity (Wildman–Crippen MR) is 79.8 cm³/mol. The molecule has 0 saturated carbocycles. The van der Waals surface area contributed by atoms with E-state index in [0.717, 1.165) is 10.8 Å². The lowest BCUT2D eigenvalue weighted by molar-refractivity contribution is 0.0686. The molecule has 0 amide bonds. The molecule has 2 aromatic carbocycles. The van der Waals surface area contributed by atoms with Crippen LogP contribution in [0.15, 0.2) is 54.7 Å². The third-order valence-electron chi connectivity index (χ3n) is 3.50. The second kappa shape index (κ2) is 4.90. The molecule has 1 heterocycles. The third-order valence-corrected chi connectivity index (χ3v) is 3.50. The van der Waals surface area contributed by atoms with Crippen LogP contribution in [0.5, 0.6) is 0 Å². The molecule has 21 heavy (non-hydrogen) atoms. The van der Waals surface area contributed by atoms with E-state index in [1.165, 1.54) is 10.6 Å². The zero-order valence-electron chi connectivity index (χ0n) is 11.4. The summed E-state index contributed by atoms with van der Waals surface area (Å²) in [6.07, 6.45) is 1.54. The number of fused-ring (bicyclic) bond motifs is 1. The van der Waals surface area contributed by atoms with Gasteiger partial charge in [0.25, 0.3) is 0 Å². The van der Waals surface area contributed by atoms with Gasteiger partial charge in [-0.05, 0) is 22.9 Å². The van der Waals surface area contributed by atoms with Crippen LogP contribution in [0.4, 0.5) is 0 Å². The van der Waals surface area contributed by atoms with E-state index in [0.29, 0.717) is 11.1 Å². The molecule has 3 aromatic rings. The minimum absolute atomic E-state index is 0.0964. The van der Waals surface area contributed by atoms with Crippen LogP contribution in [0.2, 0.25) is 0 Å². The van der Waals surface area contributed by atoms with Crippen LogP contribution in [0.3, 0.4) is 0 Å². The van der Waals surface area contributed by atoms with Gasteiger partial charge in [0, 0.05) is 24.4 Å². The van der Waals surface area contributed by atoms with Crippen molar-refractivity contribution < 1.29 is 14.7 Å². The van der Waals surface area contributed by atoms with Gasteiger partial charge in [0.1, 0.15) is 5.69 Å². The Labute approximate surface area is 121 Å². The SMILES string of the molecule is Cn1cc(C(=O)c2ccc3ccccc3c2)cc1C(=O)O. The Morgan fingerprint density at radius 3 is 2.33 bits per heavy atom. The molecular weight excluding hydrogens is 266 g/mol. The van der Waals surface area contributed by atoms with E-state index in [4.69, 9.17) is 5.11 Å². The molecule has 3 rings (SSSR count). The van der Waals surface area contributed by atoms with Crippen molar-refractivity contribution in [2.75, 3.05) is 0 Å². The van der Waals surface area contributed by atoms with Crippen molar-refractivity contribution in [3.63, 3.8) is 0 Å². The average molecular weight is 279 g/mol. The zero-order valence-corrected chi connectivity index (χ0v) is 11.4. The Balaban J connectivity index is 2.03. The number of carbonyl (C=O) groups is 2. The highest BCUT2D eigenvalue weighted by molar-refractivity contribution is 6.11. The van der Waals surface area contributed by atoms with E-state index in [1.807, 2.05) is 36.4 Å². The summed E-state index contributed by atoms with van der Waals surface area (Å²) in [5.41, 5.74) is 1.03. The van der Waals surface area contributed by atoms with Crippen LogP contribution in [0.25, 0.3) is 10.8 Å². The molecule has 0 aliphatic rings. The summed E-state index contributed by atoms with van der Waals surface area (Å²) in [4.78, 5) is 23.5. The topological polar surface area (TPSA) is 59.3 Å². The highest BCUT2D eigenvalue weighted by atomic mass is 16.4. The summed E-state index contributed by atoms with van der Waals surface area (Å²) in [6, 6.07) is 14.7. The summed E-state index contributed by atoms with van der Waals surface area (Å²) in [6.45, 7) is 0. The molecule has 0 aliphatic carbocycles. The normalized spacial score (nSPS) is 10.7. The minimum atomic E-state index is -1.05. The lowest BCUT2D eigenvalue weighted by Crippen LogP contribution is -2.02. The first-order chi connectivity index (χ1) is 10.1. The number of aromatic carboxylic acids is 1. The van der Waals surface area contributed by atoms with Crippen molar-refractivity contribution in [2.24, 2.45) is 7.05 Å². The van der Waals surface area contributed by atoms with Crippen molar-refractivity contribution in [2.45, 2.75) is 0 Å². The van der Waals surface area contributed by atoms with Crippen LogP contribution in [0, 0.1) is 0 Å². The monoisotopic (exact) mass is 279 g/mol. The van der Waals surface area contributed by atoms with Crippen LogP contribution >= 0.6 is 0 Å². The van der Waals surface area contributed by atoms with Gasteiger partial charge in [-0.2, -0.15) is 0 Å². The van der Waals surface area contributed by atoms with Crippen LogP contribution in [0.1, 0.15) is 26.4 Å². The van der Waals surface area contributed by atoms with Gasteiger partial charge in [-0.3, -0.25) is 4.79 Å². The van der Waals surface area contributed by atoms with Crippen molar-refractivity contribution in [1.29, 1.82) is 0 Å². The molecule has 0 fully saturated rings. The third kappa shape index (κ3) is 2.31. The molecule has 0 spiro atoms. The Kier molecular flexibility index (Phi) is 3.06. The first-order valence-corrected chi connectivity index (χ1v) is 6.49. The number of aromatic nitrogens is 1. The Morgan fingerprint density at radius 2 is 1.67 bits per heavy atom. The second-order valence-electron chi connectivity index (χ2n) is 4.92. The summed E-state index contributed by atoms with van der Waals surface area (Å²) in [5.74, 6) is -1.22. The number of hydrogen-bond donors (Lipinski definition) is 1. The standard InChI is InChI=1S/C17H13NO3/c1-18-10-14(9-15(18)17(20)21)16(19)13-7-6-11-4-2-3-5-12(11)8-13/h2-10H,1H3,(H,20,21). The number of aryl methyl sites for hydroxylation is 1. The first-order valence-electron chi connectivity index (χ1n) is 6.49. The molecule has 0 unspecified atom stereocenters. The quantitative estimate of drug-likeness (QED) is 0.749. The number of ketones is 1. The first kappa shape index (κ1) is 13.1. The maximum absolute atomic E-state index is 12.5. The van der Waals surface area contributed by atoms with Crippen LogP contribution < -0.4 is 0 Å². The predicted octanol–water partition coefficient (Wildman–Crippen LogP) is 3.11. The van der Waals surface area contributed by atoms with Gasteiger partial charge in [-0.25, -0.2) is 4.79 Å². The fourth-order valence-corrected chi connectivity index (χ4v) is 2.40. The van der Waals surface area contributed by atoms with Crippen molar-refractivity contribution in [3.8, 4) is 0 Å². The van der Waals surface area contributed by atoms with Crippen molar-refractivity contribution in [3.05, 3.63) is 71.5 Å². The molecule has 104 valence electrons. The van der Waals surface area contributed by atoms with E-state index in [9.17, 15) is 9.59 Å². The van der Waals surface area contributed by atoms with Crippen molar-refractivity contribution >= 4 is 22.5 Å². The molecule has 1 aromatic heterocycles. The summed E-state index contributed by atoms with van der Waals surface area (Å²) in [7, 11) is 1.61. The Hall–Kier alpha value is -2.88. The van der Waals surface area contributed by atoms with E-state index in [1.54, 1.807) is 19.3 Å². The lowest BCUT2D eigenvalue weighted by Gasteiger charge is -2.01. The average Bonchev–Trinajstić information content (AvgIpc) is 2.88. The number of carbonyl (C=O) groups excluding carboxylic acids is 1. The molecule has 4 nitrogen and oxygen atoms in total. The molecule has 0 saturated heterocycles. The number of hydrogen-bond acceptors (Lipinski definition) is 2. The number of rotatable bonds is 3. The summed E-state index contributed by atoms with van der Waals surface area (Å²) in [5, 5.41) is 11.1. The maximum Gasteiger partial charge on any atom is 0.352 e. The van der Waals surface area contributed by atoms with E-state index >= 15 is 0 Å². The molecule has 4 heteroatoms. The fraction of sp³-hybridized carbons (Fsp3) is 0.0588. The van der Waals surface area contributed by atoms with Gasteiger partial charge in [-0.15, -0.1) is 0 Å². The Morgan fingerprint density at radius 1 is 0.952 bits per heavy atom. The molecule has 0 radical (unpaired) electrons. The molecule has 0 bridgehead atoms. The maximum atomic E-state index is 12.5. The fourth-order valence-electron chi connectivity index (χ4n) is 2.40. The second-order valence-corrected chi connectivity index (χ2v) is 4.92. The number of carboxylic acids is 1. The molecule has 0 aliphatic heterocycles.